The third-order valence-corrected chi connectivity index (χ3v) is 3.09. The van der Waals surface area contributed by atoms with E-state index < -0.39 is 0 Å². The Morgan fingerprint density at radius 3 is 2.95 bits per heavy atom. The molecule has 0 aliphatic rings. The zero-order valence-corrected chi connectivity index (χ0v) is 12.0. The van der Waals surface area contributed by atoms with Gasteiger partial charge in [-0.2, -0.15) is 5.10 Å². The summed E-state index contributed by atoms with van der Waals surface area (Å²) < 4.78 is 0. The van der Waals surface area contributed by atoms with Crippen LogP contribution < -0.4 is 10.6 Å². The quantitative estimate of drug-likeness (QED) is 0.790. The van der Waals surface area contributed by atoms with Crippen molar-refractivity contribution in [3.8, 4) is 0 Å². The Kier molecular flexibility index (Phi) is 4.57. The molecule has 0 saturated heterocycles. The Bertz CT molecular complexity index is 584. The fraction of sp³-hybridized carbons (Fsp3) is 0.308. The Balaban J connectivity index is 2.14. The topological polar surface area (TPSA) is 82.7 Å². The van der Waals surface area contributed by atoms with E-state index in [4.69, 9.17) is 11.6 Å². The number of carbonyl (C=O) groups is 1. The first kappa shape index (κ1) is 14.3. The molecule has 106 valence electrons. The number of nitrogens with zero attached hydrogens (tertiary/aromatic N) is 2. The van der Waals surface area contributed by atoms with E-state index >= 15 is 0 Å². The van der Waals surface area contributed by atoms with E-state index in [2.05, 4.69) is 25.8 Å². The van der Waals surface area contributed by atoms with Crippen LogP contribution in [0.3, 0.4) is 0 Å². The van der Waals surface area contributed by atoms with Crippen LogP contribution in [-0.2, 0) is 0 Å². The fourth-order valence-corrected chi connectivity index (χ4v) is 1.92. The van der Waals surface area contributed by atoms with Crippen molar-refractivity contribution in [2.24, 2.45) is 0 Å². The van der Waals surface area contributed by atoms with Crippen LogP contribution in [0.1, 0.15) is 35.9 Å². The number of hydrogen-bond donors (Lipinski definition) is 3. The lowest BCUT2D eigenvalue weighted by Crippen LogP contribution is -2.27. The van der Waals surface area contributed by atoms with Crippen molar-refractivity contribution in [3.05, 3.63) is 40.8 Å². The van der Waals surface area contributed by atoms with Crippen LogP contribution in [0.2, 0.25) is 5.02 Å². The number of halogens is 1. The Labute approximate surface area is 121 Å². The molecule has 2 heterocycles. The van der Waals surface area contributed by atoms with Crippen molar-refractivity contribution >= 4 is 23.3 Å². The summed E-state index contributed by atoms with van der Waals surface area (Å²) in [5.74, 6) is 0.307. The van der Waals surface area contributed by atoms with Gasteiger partial charge in [-0.1, -0.05) is 11.6 Å². The standard InChI is InChI=1S/C13H16ClN5O/c1-3-15-11-5-4-10(14)12(19-11)13(20)18-8(2)9-6-16-17-7-9/h4-8H,3H2,1-2H3,(H,15,19)(H,16,17)(H,18,20). The predicted octanol–water partition coefficient (Wildman–Crippen LogP) is 2.38. The third-order valence-electron chi connectivity index (χ3n) is 2.79. The van der Waals surface area contributed by atoms with Crippen LogP contribution in [0.25, 0.3) is 0 Å². The summed E-state index contributed by atoms with van der Waals surface area (Å²) in [4.78, 5) is 16.4. The van der Waals surface area contributed by atoms with Gasteiger partial charge in [0.2, 0.25) is 0 Å². The van der Waals surface area contributed by atoms with Gasteiger partial charge in [0.1, 0.15) is 11.5 Å². The van der Waals surface area contributed by atoms with E-state index in [1.807, 2.05) is 13.8 Å². The Morgan fingerprint density at radius 1 is 1.50 bits per heavy atom. The summed E-state index contributed by atoms with van der Waals surface area (Å²) in [6.07, 6.45) is 3.39. The maximum Gasteiger partial charge on any atom is 0.271 e. The minimum absolute atomic E-state index is 0.179. The normalized spacial score (nSPS) is 11.9. The highest BCUT2D eigenvalue weighted by atomic mass is 35.5. The highest BCUT2D eigenvalue weighted by Gasteiger charge is 2.16. The molecular weight excluding hydrogens is 278 g/mol. The molecule has 0 aliphatic heterocycles. The maximum atomic E-state index is 12.2. The molecular formula is C13H16ClN5O. The van der Waals surface area contributed by atoms with Gasteiger partial charge in [-0.25, -0.2) is 4.98 Å². The number of rotatable bonds is 5. The molecule has 2 aromatic heterocycles. The maximum absolute atomic E-state index is 12.2. The average molecular weight is 294 g/mol. The van der Waals surface area contributed by atoms with Gasteiger partial charge < -0.3 is 10.6 Å². The molecule has 6 nitrogen and oxygen atoms in total. The Hall–Kier alpha value is -2.08. The molecule has 0 bridgehead atoms. The van der Waals surface area contributed by atoms with Gasteiger partial charge >= 0.3 is 0 Å². The molecule has 3 N–H and O–H groups in total. The number of nitrogens with one attached hydrogen (secondary N) is 3. The molecule has 20 heavy (non-hydrogen) atoms. The lowest BCUT2D eigenvalue weighted by molar-refractivity contribution is 0.0935. The van der Waals surface area contributed by atoms with Crippen LogP contribution in [0.15, 0.2) is 24.5 Å². The van der Waals surface area contributed by atoms with Crippen molar-refractivity contribution in [3.63, 3.8) is 0 Å². The molecule has 0 aliphatic carbocycles. The number of pyridine rings is 1. The monoisotopic (exact) mass is 293 g/mol. The van der Waals surface area contributed by atoms with E-state index in [-0.39, 0.29) is 17.6 Å². The number of hydrogen-bond acceptors (Lipinski definition) is 4. The molecule has 2 aromatic rings. The second-order valence-electron chi connectivity index (χ2n) is 4.28. The smallest absolute Gasteiger partial charge is 0.271 e. The van der Waals surface area contributed by atoms with Crippen molar-refractivity contribution in [1.29, 1.82) is 0 Å². The number of aromatic nitrogens is 3. The summed E-state index contributed by atoms with van der Waals surface area (Å²) in [6, 6.07) is 3.22. The molecule has 0 spiro atoms. The minimum Gasteiger partial charge on any atom is -0.370 e. The molecule has 1 atom stereocenters. The largest absolute Gasteiger partial charge is 0.370 e. The number of anilines is 1. The zero-order valence-electron chi connectivity index (χ0n) is 11.3. The molecule has 1 amide bonds. The molecule has 0 saturated carbocycles. The van der Waals surface area contributed by atoms with Gasteiger partial charge in [0.05, 0.1) is 17.3 Å². The molecule has 1 unspecified atom stereocenters. The van der Waals surface area contributed by atoms with E-state index in [1.165, 1.54) is 0 Å². The molecule has 0 fully saturated rings. The average Bonchev–Trinajstić information content (AvgIpc) is 2.95. The molecule has 0 radical (unpaired) electrons. The van der Waals surface area contributed by atoms with E-state index in [9.17, 15) is 4.79 Å². The number of H-pyrrole nitrogens is 1. The van der Waals surface area contributed by atoms with Gasteiger partial charge in [0.15, 0.2) is 0 Å². The first-order valence-corrected chi connectivity index (χ1v) is 6.69. The van der Waals surface area contributed by atoms with E-state index in [1.54, 1.807) is 24.5 Å². The van der Waals surface area contributed by atoms with Gasteiger partial charge in [-0.3, -0.25) is 9.89 Å². The fourth-order valence-electron chi connectivity index (χ4n) is 1.73. The third kappa shape index (κ3) is 3.27. The van der Waals surface area contributed by atoms with Gasteiger partial charge in [-0.15, -0.1) is 0 Å². The molecule has 0 aromatic carbocycles. The first-order chi connectivity index (χ1) is 9.61. The lowest BCUT2D eigenvalue weighted by Gasteiger charge is -2.13. The highest BCUT2D eigenvalue weighted by molar-refractivity contribution is 6.33. The van der Waals surface area contributed by atoms with Crippen LogP contribution in [0, 0.1) is 0 Å². The van der Waals surface area contributed by atoms with Crippen molar-refractivity contribution in [1.82, 2.24) is 20.5 Å². The second-order valence-corrected chi connectivity index (χ2v) is 4.69. The number of amides is 1. The summed E-state index contributed by atoms with van der Waals surface area (Å²) in [5, 5.41) is 12.8. The van der Waals surface area contributed by atoms with Crippen LogP contribution in [0.5, 0.6) is 0 Å². The second kappa shape index (κ2) is 6.38. The van der Waals surface area contributed by atoms with Gasteiger partial charge in [-0.05, 0) is 26.0 Å². The predicted molar refractivity (Wildman–Crippen MR) is 77.9 cm³/mol. The van der Waals surface area contributed by atoms with E-state index in [0.29, 0.717) is 10.8 Å². The summed E-state index contributed by atoms with van der Waals surface area (Å²) in [6.45, 7) is 4.54. The van der Waals surface area contributed by atoms with Crippen molar-refractivity contribution in [2.45, 2.75) is 19.9 Å². The number of carbonyl (C=O) groups excluding carboxylic acids is 1. The highest BCUT2D eigenvalue weighted by Crippen LogP contribution is 2.18. The molecule has 2 rings (SSSR count). The van der Waals surface area contributed by atoms with Crippen molar-refractivity contribution in [2.75, 3.05) is 11.9 Å². The van der Waals surface area contributed by atoms with Crippen LogP contribution in [0.4, 0.5) is 5.82 Å². The SMILES string of the molecule is CCNc1ccc(Cl)c(C(=O)NC(C)c2cn[nH]c2)n1. The van der Waals surface area contributed by atoms with E-state index in [0.717, 1.165) is 12.1 Å². The molecule has 7 heteroatoms. The Morgan fingerprint density at radius 2 is 2.30 bits per heavy atom. The summed E-state index contributed by atoms with van der Waals surface area (Å²) in [5.41, 5.74) is 1.10. The van der Waals surface area contributed by atoms with Crippen molar-refractivity contribution < 1.29 is 4.79 Å². The minimum atomic E-state index is -0.316. The first-order valence-electron chi connectivity index (χ1n) is 6.31. The van der Waals surface area contributed by atoms with Gasteiger partial charge in [0.25, 0.3) is 5.91 Å². The van der Waals surface area contributed by atoms with Crippen LogP contribution in [-0.4, -0.2) is 27.6 Å². The lowest BCUT2D eigenvalue weighted by atomic mass is 10.2. The summed E-state index contributed by atoms with van der Waals surface area (Å²) in [7, 11) is 0. The number of aromatic amines is 1. The van der Waals surface area contributed by atoms with Gasteiger partial charge in [0, 0.05) is 18.3 Å². The van der Waals surface area contributed by atoms with Crippen LogP contribution >= 0.6 is 11.6 Å². The summed E-state index contributed by atoms with van der Waals surface area (Å²) >= 11 is 6.03. The zero-order chi connectivity index (χ0) is 14.5.